The van der Waals surface area contributed by atoms with E-state index in [2.05, 4.69) is 10.3 Å². The van der Waals surface area contributed by atoms with Crippen molar-refractivity contribution in [3.05, 3.63) is 74.2 Å². The van der Waals surface area contributed by atoms with Gasteiger partial charge in [0.05, 0.1) is 15.5 Å². The van der Waals surface area contributed by atoms with Crippen LogP contribution in [0.3, 0.4) is 0 Å². The van der Waals surface area contributed by atoms with Gasteiger partial charge in [-0.15, -0.1) is 0 Å². The van der Waals surface area contributed by atoms with Crippen LogP contribution in [0.2, 0.25) is 0 Å². The van der Waals surface area contributed by atoms with Crippen molar-refractivity contribution in [1.82, 2.24) is 5.32 Å². The highest BCUT2D eigenvalue weighted by atomic mass is 32.2. The topological polar surface area (TPSA) is 84.6 Å². The minimum Gasteiger partial charge on any atom is -0.300 e. The molecule has 3 rings (SSSR count). The van der Waals surface area contributed by atoms with Gasteiger partial charge in [0, 0.05) is 12.1 Å². The summed E-state index contributed by atoms with van der Waals surface area (Å²) < 4.78 is 0. The molecule has 2 aromatic carbocycles. The quantitative estimate of drug-likeness (QED) is 0.511. The van der Waals surface area contributed by atoms with Crippen molar-refractivity contribution in [2.24, 2.45) is 4.99 Å². The molecule has 0 saturated carbocycles. The smallest absolute Gasteiger partial charge is 0.269 e. The Kier molecular flexibility index (Phi) is 4.67. The zero-order valence-electron chi connectivity index (χ0n) is 13.6. The summed E-state index contributed by atoms with van der Waals surface area (Å²) in [6.07, 6.45) is 1.69. The summed E-state index contributed by atoms with van der Waals surface area (Å²) in [4.78, 5) is 27.4. The van der Waals surface area contributed by atoms with Gasteiger partial charge in [-0.25, -0.2) is 4.99 Å². The number of hydrogen-bond donors (Lipinski definition) is 1. The largest absolute Gasteiger partial charge is 0.300 e. The van der Waals surface area contributed by atoms with Crippen LogP contribution in [0, 0.1) is 24.0 Å². The first kappa shape index (κ1) is 16.9. The number of amidine groups is 1. The fourth-order valence-electron chi connectivity index (χ4n) is 2.27. The van der Waals surface area contributed by atoms with Gasteiger partial charge in [0.2, 0.25) is 0 Å². The van der Waals surface area contributed by atoms with Crippen LogP contribution in [-0.2, 0) is 4.79 Å². The Morgan fingerprint density at radius 2 is 1.88 bits per heavy atom. The minimum atomic E-state index is -0.455. The average Bonchev–Trinajstić information content (AvgIpc) is 2.91. The molecule has 1 saturated heterocycles. The molecular formula is C18H15N3O3S. The van der Waals surface area contributed by atoms with Crippen molar-refractivity contribution in [3.63, 3.8) is 0 Å². The molecule has 126 valence electrons. The van der Waals surface area contributed by atoms with Crippen molar-refractivity contribution < 1.29 is 9.72 Å². The van der Waals surface area contributed by atoms with Crippen LogP contribution in [0.25, 0.3) is 6.08 Å². The monoisotopic (exact) mass is 353 g/mol. The van der Waals surface area contributed by atoms with Crippen LogP contribution in [0.5, 0.6) is 0 Å². The molecule has 1 aliphatic rings. The van der Waals surface area contributed by atoms with E-state index in [1.807, 2.05) is 32.0 Å². The molecule has 0 aliphatic carbocycles. The van der Waals surface area contributed by atoms with Crippen LogP contribution in [0.15, 0.2) is 52.4 Å². The number of carbonyl (C=O) groups excluding carboxylic acids is 1. The Bertz CT molecular complexity index is 918. The van der Waals surface area contributed by atoms with Gasteiger partial charge in [0.25, 0.3) is 11.6 Å². The maximum Gasteiger partial charge on any atom is 0.269 e. The van der Waals surface area contributed by atoms with Gasteiger partial charge in [-0.2, -0.15) is 0 Å². The second-order valence-corrected chi connectivity index (χ2v) is 6.65. The zero-order chi connectivity index (χ0) is 18.0. The summed E-state index contributed by atoms with van der Waals surface area (Å²) in [6, 6.07) is 12.0. The predicted octanol–water partition coefficient (Wildman–Crippen LogP) is 4.10. The van der Waals surface area contributed by atoms with E-state index in [1.165, 1.54) is 23.9 Å². The van der Waals surface area contributed by atoms with Gasteiger partial charge in [-0.05, 0) is 66.6 Å². The molecule has 0 spiro atoms. The van der Waals surface area contributed by atoms with Gasteiger partial charge >= 0.3 is 0 Å². The van der Waals surface area contributed by atoms with E-state index in [0.29, 0.717) is 10.1 Å². The zero-order valence-corrected chi connectivity index (χ0v) is 14.5. The van der Waals surface area contributed by atoms with E-state index in [9.17, 15) is 14.9 Å². The van der Waals surface area contributed by atoms with Gasteiger partial charge in [-0.1, -0.05) is 12.1 Å². The number of nitrogens with zero attached hydrogens (tertiary/aromatic N) is 2. The van der Waals surface area contributed by atoms with Gasteiger partial charge in [-0.3, -0.25) is 14.9 Å². The lowest BCUT2D eigenvalue weighted by molar-refractivity contribution is -0.384. The van der Waals surface area contributed by atoms with E-state index < -0.39 is 4.92 Å². The van der Waals surface area contributed by atoms with E-state index >= 15 is 0 Å². The number of non-ortho nitro benzene ring substituents is 1. The summed E-state index contributed by atoms with van der Waals surface area (Å²) in [6.45, 7) is 3.96. The lowest BCUT2D eigenvalue weighted by atomic mass is 10.1. The standard InChI is InChI=1S/C18H15N3O3S/c1-11-3-4-12(2)15(9-11)19-18-20-17(22)16(25-18)10-13-5-7-14(8-6-13)21(23)24/h3-10H,1-2H3,(H,19,20,22)/b16-10+. The summed E-state index contributed by atoms with van der Waals surface area (Å²) in [5.41, 5.74) is 3.68. The number of benzene rings is 2. The second-order valence-electron chi connectivity index (χ2n) is 5.62. The van der Waals surface area contributed by atoms with Crippen molar-refractivity contribution in [2.45, 2.75) is 13.8 Å². The first-order valence-corrected chi connectivity index (χ1v) is 8.35. The first-order chi connectivity index (χ1) is 11.9. The van der Waals surface area contributed by atoms with Crippen molar-refractivity contribution in [1.29, 1.82) is 0 Å². The lowest BCUT2D eigenvalue weighted by Gasteiger charge is -2.02. The third kappa shape index (κ3) is 3.95. The maximum atomic E-state index is 12.1. The number of hydrogen-bond acceptors (Lipinski definition) is 5. The molecule has 1 fully saturated rings. The molecule has 0 radical (unpaired) electrons. The summed E-state index contributed by atoms with van der Waals surface area (Å²) in [5.74, 6) is -0.229. The van der Waals surface area contributed by atoms with Crippen molar-refractivity contribution in [2.75, 3.05) is 0 Å². The highest BCUT2D eigenvalue weighted by Gasteiger charge is 2.24. The number of amides is 1. The number of aryl methyl sites for hydroxylation is 2. The SMILES string of the molecule is Cc1ccc(C)c(N=C2NC(=O)/C(=C\c3ccc([N+](=O)[O-])cc3)S2)c1. The summed E-state index contributed by atoms with van der Waals surface area (Å²) in [7, 11) is 0. The fourth-order valence-corrected chi connectivity index (χ4v) is 3.11. The number of thioether (sulfide) groups is 1. The molecule has 6 nitrogen and oxygen atoms in total. The van der Waals surface area contributed by atoms with Crippen LogP contribution in [-0.4, -0.2) is 16.0 Å². The molecule has 1 heterocycles. The number of nitrogens with one attached hydrogen (secondary N) is 1. The Hall–Kier alpha value is -2.93. The van der Waals surface area contributed by atoms with E-state index in [1.54, 1.807) is 18.2 Å². The van der Waals surface area contributed by atoms with Crippen LogP contribution in [0.1, 0.15) is 16.7 Å². The number of carbonyl (C=O) groups is 1. The van der Waals surface area contributed by atoms with Crippen LogP contribution in [0.4, 0.5) is 11.4 Å². The number of rotatable bonds is 3. The molecular weight excluding hydrogens is 338 g/mol. The van der Waals surface area contributed by atoms with Crippen LogP contribution < -0.4 is 5.32 Å². The molecule has 25 heavy (non-hydrogen) atoms. The normalized spacial score (nSPS) is 17.1. The first-order valence-electron chi connectivity index (χ1n) is 7.54. The molecule has 1 amide bonds. The molecule has 2 aromatic rings. The molecule has 1 N–H and O–H groups in total. The van der Waals surface area contributed by atoms with E-state index in [0.717, 1.165) is 22.4 Å². The third-order valence-electron chi connectivity index (χ3n) is 3.64. The van der Waals surface area contributed by atoms with Crippen molar-refractivity contribution >= 4 is 40.3 Å². The number of nitro benzene ring substituents is 1. The Morgan fingerprint density at radius 3 is 2.56 bits per heavy atom. The Balaban J connectivity index is 1.83. The van der Waals surface area contributed by atoms with Gasteiger partial charge in [0.15, 0.2) is 5.17 Å². The molecule has 1 aliphatic heterocycles. The highest BCUT2D eigenvalue weighted by Crippen LogP contribution is 2.29. The molecule has 0 atom stereocenters. The molecule has 7 heteroatoms. The third-order valence-corrected chi connectivity index (χ3v) is 4.55. The average molecular weight is 353 g/mol. The predicted molar refractivity (Wildman–Crippen MR) is 99.8 cm³/mol. The highest BCUT2D eigenvalue weighted by molar-refractivity contribution is 8.18. The van der Waals surface area contributed by atoms with Gasteiger partial charge in [0.1, 0.15) is 0 Å². The number of aliphatic imine (C=N–C) groups is 1. The van der Waals surface area contributed by atoms with E-state index in [4.69, 9.17) is 0 Å². The Labute approximate surface area is 148 Å². The molecule has 0 bridgehead atoms. The number of nitro groups is 1. The summed E-state index contributed by atoms with van der Waals surface area (Å²) >= 11 is 1.25. The van der Waals surface area contributed by atoms with Gasteiger partial charge < -0.3 is 5.32 Å². The molecule has 0 aromatic heterocycles. The molecule has 0 unspecified atom stereocenters. The lowest BCUT2D eigenvalue weighted by Crippen LogP contribution is -2.19. The van der Waals surface area contributed by atoms with E-state index in [-0.39, 0.29) is 11.6 Å². The van der Waals surface area contributed by atoms with Crippen LogP contribution >= 0.6 is 11.8 Å². The maximum absolute atomic E-state index is 12.1. The Morgan fingerprint density at radius 1 is 1.16 bits per heavy atom. The fraction of sp³-hybridized carbons (Fsp3) is 0.111. The second kappa shape index (κ2) is 6.90. The van der Waals surface area contributed by atoms with Crippen molar-refractivity contribution in [3.8, 4) is 0 Å². The minimum absolute atomic E-state index is 0.0165. The summed E-state index contributed by atoms with van der Waals surface area (Å²) in [5, 5.41) is 13.9.